The zero-order valence-corrected chi connectivity index (χ0v) is 61.9. The molecule has 104 heavy (non-hydrogen) atoms. The van der Waals surface area contributed by atoms with Gasteiger partial charge in [0.05, 0.1) is 67.8 Å². The SMILES string of the molecule is C[C@H](N)c1cc2cccc(Cl)c2c(=O)n1-c1ccccc1.C[C@H](Nc1nccc2[nH]cnc12)c1cc2cccc(Cl)c2c(=O)n1-c1ccccc1.C[C@H](Nc1ncnc2c1ncn2C1CCCCO1)c1cc2cccc(Cl)c2c(=O)n1-c1ccccc1.Clc1ncnc2c1ncn2C1CCCCO1.I. The number of fused-ring (bicyclic) bond motifs is 6. The minimum absolute atomic E-state index is 0. The third-order valence-corrected chi connectivity index (χ3v) is 19.3. The van der Waals surface area contributed by atoms with Gasteiger partial charge in [0.1, 0.15) is 36.1 Å². The number of pyridine rings is 4. The Labute approximate surface area is 632 Å². The first-order valence-electron chi connectivity index (χ1n) is 33.7. The second-order valence-corrected chi connectivity index (χ2v) is 26.5. The number of hydrogen-bond donors (Lipinski definition) is 4. The molecule has 11 heterocycles. The lowest BCUT2D eigenvalue weighted by molar-refractivity contribution is -0.0299. The Balaban J connectivity index is 0.000000128. The van der Waals surface area contributed by atoms with Crippen molar-refractivity contribution in [1.29, 1.82) is 0 Å². The Morgan fingerprint density at radius 1 is 0.471 bits per heavy atom. The summed E-state index contributed by atoms with van der Waals surface area (Å²) in [5, 5.41) is 12.5. The maximum atomic E-state index is 13.7. The molecule has 0 radical (unpaired) electrons. The second kappa shape index (κ2) is 32.4. The average Bonchev–Trinajstić information content (AvgIpc) is 1.11. The molecule has 2 aliphatic heterocycles. The average molecular weight is 1580 g/mol. The summed E-state index contributed by atoms with van der Waals surface area (Å²) in [6.45, 7) is 7.39. The molecule has 22 nitrogen and oxygen atoms in total. The van der Waals surface area contributed by atoms with Crippen LogP contribution in [-0.2, 0) is 9.47 Å². The molecule has 6 aromatic carbocycles. The van der Waals surface area contributed by atoms with Crippen LogP contribution in [0.3, 0.4) is 0 Å². The molecule has 2 saturated heterocycles. The largest absolute Gasteiger partial charge is 0.360 e. The number of nitrogens with two attached hydrogens (primary N) is 1. The highest BCUT2D eigenvalue weighted by Gasteiger charge is 2.26. The number of halogens is 5. The summed E-state index contributed by atoms with van der Waals surface area (Å²) in [6, 6.07) is 52.1. The molecule has 2 aliphatic rings. The van der Waals surface area contributed by atoms with Crippen LogP contribution in [0.5, 0.6) is 0 Å². The number of rotatable bonds is 12. The van der Waals surface area contributed by atoms with Crippen LogP contribution in [0.1, 0.15) is 107 Å². The number of para-hydroxylation sites is 3. The maximum absolute atomic E-state index is 13.7. The van der Waals surface area contributed by atoms with Gasteiger partial charge in [-0.15, -0.1) is 24.0 Å². The Morgan fingerprint density at radius 2 is 0.894 bits per heavy atom. The lowest BCUT2D eigenvalue weighted by atomic mass is 10.1. The van der Waals surface area contributed by atoms with E-state index in [0.717, 1.165) is 118 Å². The molecule has 2 unspecified atom stereocenters. The van der Waals surface area contributed by atoms with Crippen molar-refractivity contribution < 1.29 is 9.47 Å². The van der Waals surface area contributed by atoms with E-state index in [1.807, 2.05) is 182 Å². The van der Waals surface area contributed by atoms with E-state index in [0.29, 0.717) is 59.0 Å². The smallest absolute Gasteiger partial charge is 0.264 e. The molecule has 0 bridgehead atoms. The van der Waals surface area contributed by atoms with E-state index in [-0.39, 0.29) is 71.2 Å². The minimum atomic E-state index is -0.282. The predicted octanol–water partition coefficient (Wildman–Crippen LogP) is 17.2. The highest BCUT2D eigenvalue weighted by molar-refractivity contribution is 14.0. The predicted molar refractivity (Wildman–Crippen MR) is 423 cm³/mol. The first-order valence-corrected chi connectivity index (χ1v) is 35.2. The second-order valence-electron chi connectivity index (χ2n) is 24.9. The van der Waals surface area contributed by atoms with Gasteiger partial charge in [0.25, 0.3) is 16.7 Å². The van der Waals surface area contributed by atoms with Gasteiger partial charge >= 0.3 is 0 Å². The van der Waals surface area contributed by atoms with Crippen LogP contribution in [0, 0.1) is 0 Å². The Morgan fingerprint density at radius 3 is 1.35 bits per heavy atom. The van der Waals surface area contributed by atoms with Gasteiger partial charge in [-0.3, -0.25) is 37.2 Å². The fourth-order valence-electron chi connectivity index (χ4n) is 13.1. The molecule has 17 rings (SSSR count). The molecule has 5 atom stereocenters. The van der Waals surface area contributed by atoms with E-state index >= 15 is 0 Å². The quantitative estimate of drug-likeness (QED) is 0.0654. The van der Waals surface area contributed by atoms with Gasteiger partial charge in [-0.1, -0.05) is 137 Å². The molecule has 0 saturated carbocycles. The molecule has 528 valence electrons. The number of benzene rings is 6. The number of anilines is 2. The number of H-pyrrole nitrogens is 1. The summed E-state index contributed by atoms with van der Waals surface area (Å²) in [7, 11) is 0. The van der Waals surface area contributed by atoms with Gasteiger partial charge in [0.2, 0.25) is 0 Å². The summed E-state index contributed by atoms with van der Waals surface area (Å²) in [4.78, 5) is 77.9. The summed E-state index contributed by atoms with van der Waals surface area (Å²) in [5.41, 5.74) is 14.7. The molecule has 5 N–H and O–H groups in total. The fourth-order valence-corrected chi connectivity index (χ4v) is 14.1. The molecule has 9 aromatic heterocycles. The highest BCUT2D eigenvalue weighted by atomic mass is 127. The van der Waals surface area contributed by atoms with Gasteiger partial charge in [-0.2, -0.15) is 0 Å². The molecule has 0 spiro atoms. The first kappa shape index (κ1) is 72.4. The number of nitrogens with one attached hydrogen (secondary N) is 3. The van der Waals surface area contributed by atoms with E-state index < -0.39 is 0 Å². The van der Waals surface area contributed by atoms with Gasteiger partial charge in [0.15, 0.2) is 33.6 Å². The zero-order chi connectivity index (χ0) is 71.3. The lowest BCUT2D eigenvalue weighted by Gasteiger charge is -2.24. The zero-order valence-electron chi connectivity index (χ0n) is 56.5. The van der Waals surface area contributed by atoms with E-state index in [4.69, 9.17) is 61.6 Å². The highest BCUT2D eigenvalue weighted by Crippen LogP contribution is 2.34. The van der Waals surface area contributed by atoms with Crippen LogP contribution in [0.4, 0.5) is 11.6 Å². The van der Waals surface area contributed by atoms with E-state index in [2.05, 4.69) is 55.5 Å². The Bertz CT molecular complexity index is 5750. The summed E-state index contributed by atoms with van der Waals surface area (Å²) in [5.74, 6) is 1.25. The van der Waals surface area contributed by atoms with Crippen molar-refractivity contribution in [2.75, 3.05) is 23.8 Å². The number of hydrogen-bond acceptors (Lipinski definition) is 16. The molecular weight excluding hydrogens is 1510 g/mol. The standard InChI is InChI=1S/C27H25ClN6O2.C23H18ClN5O.C17H15ClN2O.C10H11ClN4O.HI/c1-17(32-25-24-26(30-15-29-25)33(16-31-24)22-12-5-6-13-36-22)21-14-18-8-7-11-20(28)23(18)27(35)34(21)19-9-3-2-4-10-19;1-14(28-22-21-18(10-11-25-22)26-13-27-21)19-12-15-6-5-9-17(24)20(15)23(30)29(19)16-7-3-2-4-8-16;1-11(19)15-10-12-6-5-9-14(18)16(12)17(21)20(15)13-7-3-2-4-8-13;11-9-8-10(13-5-12-9)15(6-14-8)7-3-1-2-4-16-7;/h2-4,7-11,14-17,22H,5-6,12-13H2,1H3,(H,29,30,32);2-14H,1H3,(H,25,28)(H,26,27);2-11H,19H2,1H3;5-7H,1-4H2;1H/t17-,22?;14-;11-;;/m000../s1. The molecule has 0 amide bonds. The van der Waals surface area contributed by atoms with Crippen molar-refractivity contribution in [2.45, 2.75) is 89.9 Å². The Hall–Kier alpha value is -9.96. The molecular formula is C77H70Cl4IN17O5. The fraction of sp³-hybridized carbons (Fsp3) is 0.208. The van der Waals surface area contributed by atoms with Crippen LogP contribution >= 0.6 is 70.4 Å². The molecule has 2 fully saturated rings. The van der Waals surface area contributed by atoms with Crippen molar-refractivity contribution in [3.63, 3.8) is 0 Å². The molecule has 15 aromatic rings. The van der Waals surface area contributed by atoms with Gasteiger partial charge in [-0.05, 0) is 154 Å². The van der Waals surface area contributed by atoms with E-state index in [1.165, 1.54) is 19.1 Å². The van der Waals surface area contributed by atoms with Crippen LogP contribution in [0.25, 0.3) is 82.7 Å². The number of aromatic amines is 1. The number of ether oxygens (including phenoxy) is 2. The van der Waals surface area contributed by atoms with Crippen molar-refractivity contribution in [3.8, 4) is 17.1 Å². The van der Waals surface area contributed by atoms with Crippen LogP contribution < -0.4 is 33.0 Å². The van der Waals surface area contributed by atoms with Crippen LogP contribution in [0.15, 0.2) is 222 Å². The first-order chi connectivity index (χ1) is 50.2. The van der Waals surface area contributed by atoms with E-state index in [1.54, 1.807) is 57.1 Å². The van der Waals surface area contributed by atoms with Crippen molar-refractivity contribution in [2.24, 2.45) is 5.73 Å². The third-order valence-electron chi connectivity index (χ3n) is 18.1. The summed E-state index contributed by atoms with van der Waals surface area (Å²) < 4.78 is 20.6. The third kappa shape index (κ3) is 14.9. The van der Waals surface area contributed by atoms with Crippen LogP contribution in [-0.4, -0.2) is 80.9 Å². The van der Waals surface area contributed by atoms with E-state index in [9.17, 15) is 14.4 Å². The summed E-state index contributed by atoms with van der Waals surface area (Å²) >= 11 is 25.0. The maximum Gasteiger partial charge on any atom is 0.264 e. The minimum Gasteiger partial charge on any atom is -0.360 e. The van der Waals surface area contributed by atoms with Crippen LogP contribution in [0.2, 0.25) is 20.2 Å². The number of nitrogens with zero attached hydrogens (tertiary/aromatic N) is 13. The van der Waals surface area contributed by atoms with Gasteiger partial charge in [-0.25, -0.2) is 39.9 Å². The van der Waals surface area contributed by atoms with Crippen molar-refractivity contribution >= 4 is 148 Å². The van der Waals surface area contributed by atoms with Gasteiger partial charge in [0, 0.05) is 59.6 Å². The van der Waals surface area contributed by atoms with Crippen molar-refractivity contribution in [1.82, 2.24) is 67.7 Å². The van der Waals surface area contributed by atoms with Crippen molar-refractivity contribution in [3.05, 3.63) is 276 Å². The number of imidazole rings is 3. The monoisotopic (exact) mass is 1580 g/mol. The number of aromatic nitrogens is 14. The Kier molecular flexibility index (Phi) is 22.5. The molecule has 0 aliphatic carbocycles. The van der Waals surface area contributed by atoms with Gasteiger partial charge < -0.3 is 30.8 Å². The molecule has 27 heteroatoms. The lowest BCUT2D eigenvalue weighted by Crippen LogP contribution is -2.26. The normalized spacial score (nSPS) is 15.2. The summed E-state index contributed by atoms with van der Waals surface area (Å²) in [6.07, 6.45) is 16.2. The topological polar surface area (TPSA) is 263 Å².